The number of imidazole rings is 1. The Morgan fingerprint density at radius 3 is 2.56 bits per heavy atom. The van der Waals surface area contributed by atoms with Crippen LogP contribution in [-0.4, -0.2) is 51.0 Å². The van der Waals surface area contributed by atoms with Crippen molar-refractivity contribution in [3.8, 4) is 0 Å². The van der Waals surface area contributed by atoms with Crippen molar-refractivity contribution in [2.75, 3.05) is 31.1 Å². The minimum absolute atomic E-state index is 0.832. The van der Waals surface area contributed by atoms with E-state index in [4.69, 9.17) is 0 Å². The molecule has 2 aromatic heterocycles. The van der Waals surface area contributed by atoms with Gasteiger partial charge in [-0.25, -0.2) is 15.0 Å². The summed E-state index contributed by atoms with van der Waals surface area (Å²) in [6.45, 7) is 4.92. The first-order valence-corrected chi connectivity index (χ1v) is 6.13. The highest BCUT2D eigenvalue weighted by atomic mass is 15.3. The molecule has 0 saturated carbocycles. The molecule has 1 fully saturated rings. The smallest absolute Gasteiger partial charge is 0.225 e. The van der Waals surface area contributed by atoms with E-state index in [-0.39, 0.29) is 0 Å². The van der Waals surface area contributed by atoms with Crippen molar-refractivity contribution in [1.29, 1.82) is 0 Å². The van der Waals surface area contributed by atoms with E-state index in [1.807, 2.05) is 12.3 Å². The summed E-state index contributed by atoms with van der Waals surface area (Å²) in [6, 6.07) is 1.85. The van der Waals surface area contributed by atoms with E-state index in [0.29, 0.717) is 0 Å². The van der Waals surface area contributed by atoms with Crippen molar-refractivity contribution in [1.82, 2.24) is 24.8 Å². The molecule has 0 aromatic carbocycles. The summed E-state index contributed by atoms with van der Waals surface area (Å²) < 4.78 is 0. The monoisotopic (exact) mass is 244 g/mol. The third-order valence-corrected chi connectivity index (χ3v) is 3.16. The lowest BCUT2D eigenvalue weighted by Crippen LogP contribution is -2.46. The molecule has 0 radical (unpaired) electrons. The fraction of sp³-hybridized carbons (Fsp3) is 0.417. The van der Waals surface area contributed by atoms with Crippen LogP contribution in [0.2, 0.25) is 0 Å². The van der Waals surface area contributed by atoms with E-state index in [2.05, 4.69) is 29.7 Å². The average molecular weight is 244 g/mol. The minimum Gasteiger partial charge on any atom is -0.347 e. The highest BCUT2D eigenvalue weighted by Gasteiger charge is 2.18. The Labute approximate surface area is 106 Å². The lowest BCUT2D eigenvalue weighted by molar-refractivity contribution is 0.246. The summed E-state index contributed by atoms with van der Waals surface area (Å²) in [5, 5.41) is 0. The van der Waals surface area contributed by atoms with Crippen LogP contribution in [0.1, 0.15) is 5.69 Å². The van der Waals surface area contributed by atoms with E-state index in [1.54, 1.807) is 18.7 Å². The number of H-pyrrole nitrogens is 1. The molecule has 6 nitrogen and oxygen atoms in total. The van der Waals surface area contributed by atoms with Crippen molar-refractivity contribution >= 4 is 5.95 Å². The maximum Gasteiger partial charge on any atom is 0.225 e. The van der Waals surface area contributed by atoms with Crippen LogP contribution in [0.15, 0.2) is 31.0 Å². The van der Waals surface area contributed by atoms with Gasteiger partial charge in [-0.05, 0) is 6.07 Å². The van der Waals surface area contributed by atoms with E-state index >= 15 is 0 Å². The fourth-order valence-electron chi connectivity index (χ4n) is 2.17. The number of hydrogen-bond acceptors (Lipinski definition) is 5. The zero-order chi connectivity index (χ0) is 12.2. The largest absolute Gasteiger partial charge is 0.347 e. The second-order valence-corrected chi connectivity index (χ2v) is 4.39. The Kier molecular flexibility index (Phi) is 3.18. The molecule has 18 heavy (non-hydrogen) atoms. The number of rotatable bonds is 3. The van der Waals surface area contributed by atoms with Gasteiger partial charge in [0.05, 0.1) is 6.33 Å². The van der Waals surface area contributed by atoms with Gasteiger partial charge in [-0.2, -0.15) is 0 Å². The van der Waals surface area contributed by atoms with Gasteiger partial charge in [0.15, 0.2) is 0 Å². The normalized spacial score (nSPS) is 17.0. The summed E-state index contributed by atoms with van der Waals surface area (Å²) >= 11 is 0. The molecule has 2 aromatic rings. The van der Waals surface area contributed by atoms with Crippen LogP contribution >= 0.6 is 0 Å². The Morgan fingerprint density at radius 2 is 1.89 bits per heavy atom. The molecule has 0 aliphatic carbocycles. The van der Waals surface area contributed by atoms with Gasteiger partial charge in [0.1, 0.15) is 0 Å². The van der Waals surface area contributed by atoms with Gasteiger partial charge in [-0.15, -0.1) is 0 Å². The predicted octanol–water partition coefficient (Wildman–Crippen LogP) is 0.522. The minimum atomic E-state index is 0.832. The van der Waals surface area contributed by atoms with E-state index in [9.17, 15) is 0 Å². The van der Waals surface area contributed by atoms with Crippen molar-refractivity contribution in [3.05, 3.63) is 36.7 Å². The molecule has 1 N–H and O–H groups in total. The van der Waals surface area contributed by atoms with Crippen molar-refractivity contribution in [2.24, 2.45) is 0 Å². The molecule has 3 rings (SSSR count). The van der Waals surface area contributed by atoms with Crippen LogP contribution in [0.4, 0.5) is 5.95 Å². The Morgan fingerprint density at radius 1 is 1.11 bits per heavy atom. The van der Waals surface area contributed by atoms with E-state index in [1.165, 1.54) is 5.69 Å². The van der Waals surface area contributed by atoms with Crippen LogP contribution < -0.4 is 4.90 Å². The molecule has 0 amide bonds. The maximum absolute atomic E-state index is 4.28. The van der Waals surface area contributed by atoms with Gasteiger partial charge in [-0.1, -0.05) is 0 Å². The molecule has 1 aliphatic heterocycles. The number of nitrogens with one attached hydrogen (secondary N) is 1. The Bertz CT molecular complexity index is 461. The molecular weight excluding hydrogens is 228 g/mol. The fourth-order valence-corrected chi connectivity index (χ4v) is 2.17. The number of aromatic amines is 1. The number of nitrogens with zero attached hydrogens (tertiary/aromatic N) is 5. The lowest BCUT2D eigenvalue weighted by atomic mass is 10.3. The maximum atomic E-state index is 4.28. The predicted molar refractivity (Wildman–Crippen MR) is 68.1 cm³/mol. The number of aromatic nitrogens is 4. The third kappa shape index (κ3) is 2.48. The van der Waals surface area contributed by atoms with Gasteiger partial charge in [-0.3, -0.25) is 4.90 Å². The van der Waals surface area contributed by atoms with Crippen LogP contribution in [0.5, 0.6) is 0 Å². The zero-order valence-corrected chi connectivity index (χ0v) is 10.2. The second-order valence-electron chi connectivity index (χ2n) is 4.39. The average Bonchev–Trinajstić information content (AvgIpc) is 2.94. The van der Waals surface area contributed by atoms with Gasteiger partial charge < -0.3 is 9.88 Å². The molecule has 0 unspecified atom stereocenters. The van der Waals surface area contributed by atoms with Crippen LogP contribution in [0.25, 0.3) is 0 Å². The van der Waals surface area contributed by atoms with E-state index in [0.717, 1.165) is 38.7 Å². The molecule has 1 saturated heterocycles. The Hall–Kier alpha value is -1.95. The first-order valence-electron chi connectivity index (χ1n) is 6.13. The summed E-state index contributed by atoms with van der Waals surface area (Å²) in [7, 11) is 0. The molecule has 0 bridgehead atoms. The SMILES string of the molecule is c1cnc(N2CCN(Cc3cnc[nH]3)CC2)nc1. The number of anilines is 1. The molecule has 1 aliphatic rings. The van der Waals surface area contributed by atoms with Crippen molar-refractivity contribution in [2.45, 2.75) is 6.54 Å². The summed E-state index contributed by atoms with van der Waals surface area (Å²) in [5.74, 6) is 0.832. The highest BCUT2D eigenvalue weighted by molar-refractivity contribution is 5.29. The third-order valence-electron chi connectivity index (χ3n) is 3.16. The van der Waals surface area contributed by atoms with E-state index < -0.39 is 0 Å². The van der Waals surface area contributed by atoms with Crippen LogP contribution in [0.3, 0.4) is 0 Å². The standard InChI is InChI=1S/C12H16N6/c1-2-14-12(15-3-1)18-6-4-17(5-7-18)9-11-8-13-10-16-11/h1-3,8,10H,4-7,9H2,(H,13,16). The molecule has 3 heterocycles. The molecule has 94 valence electrons. The quantitative estimate of drug-likeness (QED) is 0.853. The number of piperazine rings is 1. The van der Waals surface area contributed by atoms with Crippen LogP contribution in [0, 0.1) is 0 Å². The number of hydrogen-bond donors (Lipinski definition) is 1. The van der Waals surface area contributed by atoms with Crippen molar-refractivity contribution in [3.63, 3.8) is 0 Å². The Balaban J connectivity index is 1.55. The second kappa shape index (κ2) is 5.14. The molecular formula is C12H16N6. The highest BCUT2D eigenvalue weighted by Crippen LogP contribution is 2.11. The zero-order valence-electron chi connectivity index (χ0n) is 10.2. The topological polar surface area (TPSA) is 60.9 Å². The van der Waals surface area contributed by atoms with Gasteiger partial charge in [0.25, 0.3) is 0 Å². The first-order chi connectivity index (χ1) is 8.92. The van der Waals surface area contributed by atoms with Gasteiger partial charge in [0.2, 0.25) is 5.95 Å². The first kappa shape index (κ1) is 11.2. The van der Waals surface area contributed by atoms with Crippen molar-refractivity contribution < 1.29 is 0 Å². The van der Waals surface area contributed by atoms with Gasteiger partial charge in [0, 0.05) is 57.0 Å². The van der Waals surface area contributed by atoms with Crippen LogP contribution in [-0.2, 0) is 6.54 Å². The summed E-state index contributed by atoms with van der Waals surface area (Å²) in [4.78, 5) is 20.4. The lowest BCUT2D eigenvalue weighted by Gasteiger charge is -2.34. The summed E-state index contributed by atoms with van der Waals surface area (Å²) in [6.07, 6.45) is 7.19. The van der Waals surface area contributed by atoms with Gasteiger partial charge >= 0.3 is 0 Å². The molecule has 6 heteroatoms. The molecule has 0 atom stereocenters. The molecule has 0 spiro atoms. The summed E-state index contributed by atoms with van der Waals surface area (Å²) in [5.41, 5.74) is 1.17.